The summed E-state index contributed by atoms with van der Waals surface area (Å²) in [6.07, 6.45) is 3.10. The Hall–Kier alpha value is -3.17. The number of nitrogens with zero attached hydrogens (tertiary/aromatic N) is 3. The van der Waals surface area contributed by atoms with E-state index in [4.69, 9.17) is 10.5 Å². The molecule has 2 saturated heterocycles. The van der Waals surface area contributed by atoms with E-state index in [1.54, 1.807) is 24.4 Å². The summed E-state index contributed by atoms with van der Waals surface area (Å²) in [6, 6.07) is 9.06. The van der Waals surface area contributed by atoms with Crippen LogP contribution in [0.2, 0.25) is 0 Å². The van der Waals surface area contributed by atoms with Crippen molar-refractivity contribution in [1.82, 2.24) is 14.8 Å². The summed E-state index contributed by atoms with van der Waals surface area (Å²) in [4.78, 5) is 22.2. The molecular weight excluding hydrogens is 493 g/mol. The fourth-order valence-corrected chi connectivity index (χ4v) is 5.98. The molecule has 2 fully saturated rings. The summed E-state index contributed by atoms with van der Waals surface area (Å²) in [7, 11) is 1.40. The first-order valence-corrected chi connectivity index (χ1v) is 13.2. The highest BCUT2D eigenvalue weighted by molar-refractivity contribution is 6.08. The summed E-state index contributed by atoms with van der Waals surface area (Å²) in [6.45, 7) is 4.67. The predicted octanol–water partition coefficient (Wildman–Crippen LogP) is 5.48. The first kappa shape index (κ1) is 26.4. The zero-order chi connectivity index (χ0) is 26.9. The van der Waals surface area contributed by atoms with Gasteiger partial charge in [0.15, 0.2) is 0 Å². The molecule has 0 aliphatic carbocycles. The van der Waals surface area contributed by atoms with Gasteiger partial charge in [-0.15, -0.1) is 0 Å². The van der Waals surface area contributed by atoms with Crippen molar-refractivity contribution in [3.63, 3.8) is 0 Å². The van der Waals surface area contributed by atoms with E-state index in [9.17, 15) is 18.0 Å². The van der Waals surface area contributed by atoms with Crippen molar-refractivity contribution in [3.8, 4) is 16.9 Å². The van der Waals surface area contributed by atoms with Crippen molar-refractivity contribution < 1.29 is 22.7 Å². The van der Waals surface area contributed by atoms with E-state index in [-0.39, 0.29) is 16.9 Å². The number of carbonyl (C=O) groups is 1. The van der Waals surface area contributed by atoms with Crippen LogP contribution in [0, 0.1) is 0 Å². The lowest BCUT2D eigenvalue weighted by Gasteiger charge is -2.40. The lowest BCUT2D eigenvalue weighted by molar-refractivity contribution is -0.137. The summed E-state index contributed by atoms with van der Waals surface area (Å²) in [5.74, 6) is -0.388. The molecule has 0 atom stereocenters. The molecule has 9 heteroatoms. The average Bonchev–Trinajstić information content (AvgIpc) is 2.92. The van der Waals surface area contributed by atoms with Gasteiger partial charge in [-0.05, 0) is 75.1 Å². The van der Waals surface area contributed by atoms with Gasteiger partial charge in [-0.3, -0.25) is 14.7 Å². The molecule has 38 heavy (non-hydrogen) atoms. The van der Waals surface area contributed by atoms with Crippen LogP contribution < -0.4 is 10.5 Å². The van der Waals surface area contributed by atoms with Gasteiger partial charge in [0, 0.05) is 35.8 Å². The van der Waals surface area contributed by atoms with Crippen LogP contribution in [-0.2, 0) is 12.7 Å². The molecule has 0 spiro atoms. The number of hydrogen-bond acceptors (Lipinski definition) is 5. The normalized spacial score (nSPS) is 18.1. The van der Waals surface area contributed by atoms with Gasteiger partial charge in [-0.25, -0.2) is 0 Å². The highest BCUT2D eigenvalue weighted by Crippen LogP contribution is 2.42. The number of fused-ring (bicyclic) bond motifs is 1. The second-order valence-electron chi connectivity index (χ2n) is 10.2. The number of amides is 1. The Balaban J connectivity index is 1.49. The Morgan fingerprint density at radius 2 is 1.76 bits per heavy atom. The van der Waals surface area contributed by atoms with E-state index in [1.807, 2.05) is 0 Å². The van der Waals surface area contributed by atoms with Crippen LogP contribution in [-0.4, -0.2) is 60.0 Å². The molecular formula is C29H33F3N4O2. The molecule has 0 bridgehead atoms. The number of piperidine rings is 2. The Bertz CT molecular complexity index is 1310. The second kappa shape index (κ2) is 10.9. The number of nitrogens with two attached hydrogens (primary N) is 1. The number of halogens is 3. The third-order valence-corrected chi connectivity index (χ3v) is 7.89. The zero-order valence-corrected chi connectivity index (χ0v) is 21.6. The van der Waals surface area contributed by atoms with Crippen molar-refractivity contribution >= 4 is 16.8 Å². The first-order chi connectivity index (χ1) is 18.3. The minimum absolute atomic E-state index is 0.0284. The molecule has 1 amide bonds. The number of methoxy groups -OCH3 is 1. The van der Waals surface area contributed by atoms with Crippen LogP contribution in [0.15, 0.2) is 42.6 Å². The second-order valence-corrected chi connectivity index (χ2v) is 10.2. The number of likely N-dealkylation sites (tertiary alicyclic amines) is 2. The van der Waals surface area contributed by atoms with Crippen LogP contribution in [0.4, 0.5) is 13.2 Å². The minimum atomic E-state index is -4.55. The summed E-state index contributed by atoms with van der Waals surface area (Å²) in [5, 5.41) is 0.422. The van der Waals surface area contributed by atoms with Crippen LogP contribution in [0.5, 0.6) is 5.75 Å². The maximum absolute atomic E-state index is 13.8. The predicted molar refractivity (Wildman–Crippen MR) is 141 cm³/mol. The molecule has 0 radical (unpaired) electrons. The molecule has 0 unspecified atom stereocenters. The fraction of sp³-hybridized carbons (Fsp3) is 0.448. The smallest absolute Gasteiger partial charge is 0.417 e. The average molecular weight is 527 g/mol. The van der Waals surface area contributed by atoms with Crippen molar-refractivity contribution in [2.75, 3.05) is 33.3 Å². The number of aromatic nitrogens is 1. The number of carbonyl (C=O) groups excluding carboxylic acids is 1. The Kier molecular flexibility index (Phi) is 7.59. The number of hydrogen-bond donors (Lipinski definition) is 1. The van der Waals surface area contributed by atoms with E-state index in [0.29, 0.717) is 34.6 Å². The molecule has 2 N–H and O–H groups in total. The fourth-order valence-electron chi connectivity index (χ4n) is 5.98. The van der Waals surface area contributed by atoms with E-state index in [0.717, 1.165) is 32.0 Å². The van der Waals surface area contributed by atoms with E-state index in [2.05, 4.69) is 14.8 Å². The Labute approximate surface area is 220 Å². The third-order valence-electron chi connectivity index (χ3n) is 7.89. The molecule has 2 aromatic carbocycles. The van der Waals surface area contributed by atoms with Gasteiger partial charge in [0.05, 0.1) is 23.8 Å². The summed E-state index contributed by atoms with van der Waals surface area (Å²) < 4.78 is 46.9. The van der Waals surface area contributed by atoms with E-state index < -0.39 is 17.6 Å². The molecule has 2 aliphatic rings. The van der Waals surface area contributed by atoms with Crippen molar-refractivity contribution in [1.29, 1.82) is 0 Å². The highest BCUT2D eigenvalue weighted by Gasteiger charge is 2.34. The first-order valence-electron chi connectivity index (χ1n) is 13.2. The van der Waals surface area contributed by atoms with Crippen molar-refractivity contribution in [3.05, 3.63) is 59.3 Å². The standard InChI is InChI=1S/C29H33F3N4O2/c1-38-26-16-25-23(15-22(26)21-7-3-4-8-24(21)29(30,31)32)27(28(33)37)19(17-34-25)18-35-13-9-20(10-14-35)36-11-5-2-6-12-36/h3-4,7-8,15-17,20H,2,5-6,9-14,18H2,1H3,(H2,33,37). The number of benzene rings is 2. The molecule has 6 nitrogen and oxygen atoms in total. The number of primary amides is 1. The number of alkyl halides is 3. The van der Waals surface area contributed by atoms with E-state index >= 15 is 0 Å². The number of pyridine rings is 1. The van der Waals surface area contributed by atoms with Crippen LogP contribution >= 0.6 is 0 Å². The minimum Gasteiger partial charge on any atom is -0.496 e. The van der Waals surface area contributed by atoms with Gasteiger partial charge in [-0.2, -0.15) is 13.2 Å². The largest absolute Gasteiger partial charge is 0.496 e. The SMILES string of the molecule is COc1cc2ncc(CN3CCC(N4CCCCC4)CC3)c(C(N)=O)c2cc1-c1ccccc1C(F)(F)F. The van der Waals surface area contributed by atoms with E-state index in [1.165, 1.54) is 51.6 Å². The molecule has 0 saturated carbocycles. The summed E-state index contributed by atoms with van der Waals surface area (Å²) in [5.41, 5.74) is 6.70. The van der Waals surface area contributed by atoms with Gasteiger partial charge in [0.1, 0.15) is 5.75 Å². The van der Waals surface area contributed by atoms with Crippen LogP contribution in [0.3, 0.4) is 0 Å². The van der Waals surface area contributed by atoms with Gasteiger partial charge in [0.2, 0.25) is 5.91 Å². The monoisotopic (exact) mass is 526 g/mol. The van der Waals surface area contributed by atoms with Gasteiger partial charge < -0.3 is 15.4 Å². The molecule has 5 rings (SSSR count). The zero-order valence-electron chi connectivity index (χ0n) is 21.6. The molecule has 202 valence electrons. The van der Waals surface area contributed by atoms with Gasteiger partial charge >= 0.3 is 6.18 Å². The third kappa shape index (κ3) is 5.35. The summed E-state index contributed by atoms with van der Waals surface area (Å²) >= 11 is 0. The van der Waals surface area contributed by atoms with Crippen molar-refractivity contribution in [2.24, 2.45) is 5.73 Å². The van der Waals surface area contributed by atoms with Crippen LogP contribution in [0.25, 0.3) is 22.0 Å². The molecule has 1 aromatic heterocycles. The lowest BCUT2D eigenvalue weighted by Crippen LogP contribution is -2.46. The maximum Gasteiger partial charge on any atom is 0.417 e. The quantitative estimate of drug-likeness (QED) is 0.461. The molecule has 2 aliphatic heterocycles. The van der Waals surface area contributed by atoms with Crippen LogP contribution in [0.1, 0.15) is 53.6 Å². The van der Waals surface area contributed by atoms with Gasteiger partial charge in [-0.1, -0.05) is 24.6 Å². The Morgan fingerprint density at radius 1 is 1.05 bits per heavy atom. The maximum atomic E-state index is 13.8. The van der Waals surface area contributed by atoms with Gasteiger partial charge in [0.25, 0.3) is 0 Å². The highest BCUT2D eigenvalue weighted by atomic mass is 19.4. The lowest BCUT2D eigenvalue weighted by atomic mass is 9.94. The topological polar surface area (TPSA) is 71.7 Å². The van der Waals surface area contributed by atoms with Crippen molar-refractivity contribution in [2.45, 2.75) is 50.9 Å². The molecule has 3 heterocycles. The number of rotatable bonds is 6. The Morgan fingerprint density at radius 3 is 2.42 bits per heavy atom. The molecule has 3 aromatic rings. The number of ether oxygens (including phenoxy) is 1.